The molecular formula is C17H18ClN3O4. The van der Waals surface area contributed by atoms with Crippen molar-refractivity contribution in [3.63, 3.8) is 0 Å². The smallest absolute Gasteiger partial charge is 0.338 e. The van der Waals surface area contributed by atoms with Crippen molar-refractivity contribution in [2.24, 2.45) is 0 Å². The van der Waals surface area contributed by atoms with Gasteiger partial charge >= 0.3 is 12.0 Å². The zero-order chi connectivity index (χ0) is 18.1. The molecule has 25 heavy (non-hydrogen) atoms. The number of esters is 1. The SMILES string of the molecule is CC(C)NC(=O)CN1C(=O)NC(c2ccc(Cl)cc2)C2=C1COC2=O. The van der Waals surface area contributed by atoms with Crippen molar-refractivity contribution in [1.82, 2.24) is 15.5 Å². The van der Waals surface area contributed by atoms with Crippen LogP contribution >= 0.6 is 11.6 Å². The van der Waals surface area contributed by atoms with Crippen LogP contribution < -0.4 is 10.6 Å². The number of benzene rings is 1. The van der Waals surface area contributed by atoms with Crippen LogP contribution in [-0.2, 0) is 14.3 Å². The topological polar surface area (TPSA) is 87.7 Å². The van der Waals surface area contributed by atoms with Crippen LogP contribution in [0.25, 0.3) is 0 Å². The molecule has 2 N–H and O–H groups in total. The van der Waals surface area contributed by atoms with Gasteiger partial charge in [0.1, 0.15) is 13.2 Å². The molecule has 3 amide bonds. The maximum absolute atomic E-state index is 12.5. The molecule has 1 aromatic rings. The molecule has 0 aliphatic carbocycles. The maximum Gasteiger partial charge on any atom is 0.338 e. The second-order valence-electron chi connectivity index (χ2n) is 6.18. The van der Waals surface area contributed by atoms with E-state index in [0.29, 0.717) is 16.3 Å². The highest BCUT2D eigenvalue weighted by Crippen LogP contribution is 2.35. The molecule has 2 aliphatic rings. The van der Waals surface area contributed by atoms with E-state index >= 15 is 0 Å². The van der Waals surface area contributed by atoms with Crippen molar-refractivity contribution in [2.45, 2.75) is 25.9 Å². The fraction of sp³-hybridized carbons (Fsp3) is 0.353. The molecule has 7 nitrogen and oxygen atoms in total. The van der Waals surface area contributed by atoms with E-state index in [4.69, 9.17) is 16.3 Å². The summed E-state index contributed by atoms with van der Waals surface area (Å²) in [6.45, 7) is 3.46. The lowest BCUT2D eigenvalue weighted by Gasteiger charge is -2.32. The predicted molar refractivity (Wildman–Crippen MR) is 90.7 cm³/mol. The Bertz CT molecular complexity index is 758. The average Bonchev–Trinajstić information content (AvgIpc) is 2.92. The molecule has 1 atom stereocenters. The maximum atomic E-state index is 12.5. The van der Waals surface area contributed by atoms with Crippen LogP contribution in [0, 0.1) is 0 Å². The van der Waals surface area contributed by atoms with E-state index in [-0.39, 0.29) is 25.1 Å². The molecular weight excluding hydrogens is 346 g/mol. The van der Waals surface area contributed by atoms with Gasteiger partial charge in [0.05, 0.1) is 17.3 Å². The summed E-state index contributed by atoms with van der Waals surface area (Å²) >= 11 is 5.90. The van der Waals surface area contributed by atoms with Gasteiger partial charge in [-0.15, -0.1) is 0 Å². The Kier molecular flexibility index (Phi) is 4.67. The van der Waals surface area contributed by atoms with Gasteiger partial charge in [0.25, 0.3) is 0 Å². The summed E-state index contributed by atoms with van der Waals surface area (Å²) in [6, 6.07) is 5.74. The number of halogens is 1. The van der Waals surface area contributed by atoms with Crippen LogP contribution in [0.3, 0.4) is 0 Å². The first-order chi connectivity index (χ1) is 11.9. The first-order valence-electron chi connectivity index (χ1n) is 7.90. The highest BCUT2D eigenvalue weighted by Gasteiger charge is 2.42. The summed E-state index contributed by atoms with van der Waals surface area (Å²) < 4.78 is 5.11. The normalized spacial score (nSPS) is 19.7. The Morgan fingerprint density at radius 1 is 1.36 bits per heavy atom. The monoisotopic (exact) mass is 363 g/mol. The van der Waals surface area contributed by atoms with Gasteiger partial charge in [-0.2, -0.15) is 0 Å². The van der Waals surface area contributed by atoms with Crippen molar-refractivity contribution < 1.29 is 19.1 Å². The highest BCUT2D eigenvalue weighted by atomic mass is 35.5. The molecule has 0 fully saturated rings. The fourth-order valence-electron chi connectivity index (χ4n) is 2.89. The number of hydrogen-bond acceptors (Lipinski definition) is 4. The number of carbonyl (C=O) groups excluding carboxylic acids is 3. The van der Waals surface area contributed by atoms with Crippen LogP contribution in [0.1, 0.15) is 25.5 Å². The number of nitrogens with zero attached hydrogens (tertiary/aromatic N) is 1. The second kappa shape index (κ2) is 6.76. The van der Waals surface area contributed by atoms with Gasteiger partial charge in [0.2, 0.25) is 5.91 Å². The molecule has 0 radical (unpaired) electrons. The molecule has 2 heterocycles. The largest absolute Gasteiger partial charge is 0.456 e. The van der Waals surface area contributed by atoms with E-state index in [1.54, 1.807) is 24.3 Å². The summed E-state index contributed by atoms with van der Waals surface area (Å²) in [6.07, 6.45) is 0. The van der Waals surface area contributed by atoms with Crippen molar-refractivity contribution in [3.8, 4) is 0 Å². The number of cyclic esters (lactones) is 1. The van der Waals surface area contributed by atoms with Gasteiger partial charge in [-0.25, -0.2) is 9.59 Å². The number of hydrogen-bond donors (Lipinski definition) is 2. The Balaban J connectivity index is 1.93. The van der Waals surface area contributed by atoms with Gasteiger partial charge in [-0.3, -0.25) is 9.69 Å². The molecule has 0 saturated carbocycles. The highest BCUT2D eigenvalue weighted by molar-refractivity contribution is 6.30. The molecule has 1 unspecified atom stereocenters. The van der Waals surface area contributed by atoms with Crippen molar-refractivity contribution in [3.05, 3.63) is 46.1 Å². The van der Waals surface area contributed by atoms with Crippen LogP contribution in [0.4, 0.5) is 4.79 Å². The van der Waals surface area contributed by atoms with Gasteiger partial charge in [-0.05, 0) is 31.5 Å². The Morgan fingerprint density at radius 2 is 2.04 bits per heavy atom. The lowest BCUT2D eigenvalue weighted by atomic mass is 9.96. The molecule has 8 heteroatoms. The van der Waals surface area contributed by atoms with Gasteiger partial charge in [0, 0.05) is 11.1 Å². The molecule has 2 aliphatic heterocycles. The summed E-state index contributed by atoms with van der Waals surface area (Å²) in [4.78, 5) is 38.0. The lowest BCUT2D eigenvalue weighted by Crippen LogP contribution is -2.51. The fourth-order valence-corrected chi connectivity index (χ4v) is 3.02. The third-order valence-corrected chi connectivity index (χ3v) is 4.20. The van der Waals surface area contributed by atoms with E-state index in [1.807, 2.05) is 13.8 Å². The Hall–Kier alpha value is -2.54. The van der Waals surface area contributed by atoms with Gasteiger partial charge < -0.3 is 15.4 Å². The van der Waals surface area contributed by atoms with Crippen molar-refractivity contribution in [2.75, 3.05) is 13.2 Å². The molecule has 0 spiro atoms. The Morgan fingerprint density at radius 3 is 2.68 bits per heavy atom. The minimum atomic E-state index is -0.626. The molecule has 1 aromatic carbocycles. The first-order valence-corrected chi connectivity index (χ1v) is 8.27. The predicted octanol–water partition coefficient (Wildman–Crippen LogP) is 1.74. The van der Waals surface area contributed by atoms with E-state index in [2.05, 4.69) is 10.6 Å². The average molecular weight is 364 g/mol. The number of carbonyl (C=O) groups is 3. The lowest BCUT2D eigenvalue weighted by molar-refractivity contribution is -0.136. The summed E-state index contributed by atoms with van der Waals surface area (Å²) in [7, 11) is 0. The standard InChI is InChI=1S/C17H18ClN3O4/c1-9(2)19-13(22)7-21-12-8-25-16(23)14(12)15(20-17(21)24)10-3-5-11(18)6-4-10/h3-6,9,15H,7-8H2,1-2H3,(H,19,22)(H,20,24). The number of nitrogens with one attached hydrogen (secondary N) is 2. The minimum Gasteiger partial charge on any atom is -0.456 e. The van der Waals surface area contributed by atoms with E-state index < -0.39 is 18.0 Å². The zero-order valence-corrected chi connectivity index (χ0v) is 14.6. The van der Waals surface area contributed by atoms with Gasteiger partial charge in [-0.1, -0.05) is 23.7 Å². The number of amides is 3. The van der Waals surface area contributed by atoms with Crippen molar-refractivity contribution >= 4 is 29.5 Å². The van der Waals surface area contributed by atoms with E-state index in [1.165, 1.54) is 4.90 Å². The number of rotatable bonds is 4. The van der Waals surface area contributed by atoms with Gasteiger partial charge in [0.15, 0.2) is 0 Å². The quantitative estimate of drug-likeness (QED) is 0.798. The summed E-state index contributed by atoms with van der Waals surface area (Å²) in [5, 5.41) is 6.05. The van der Waals surface area contributed by atoms with Crippen molar-refractivity contribution in [1.29, 1.82) is 0 Å². The van der Waals surface area contributed by atoms with E-state index in [0.717, 1.165) is 5.56 Å². The summed E-state index contributed by atoms with van der Waals surface area (Å²) in [5.74, 6) is -0.800. The molecule has 3 rings (SSSR count). The van der Waals surface area contributed by atoms with Crippen LogP contribution in [-0.4, -0.2) is 42.0 Å². The third-order valence-electron chi connectivity index (χ3n) is 3.95. The molecule has 132 valence electrons. The molecule has 0 bridgehead atoms. The zero-order valence-electron chi connectivity index (χ0n) is 13.8. The van der Waals surface area contributed by atoms with Crippen LogP contribution in [0.5, 0.6) is 0 Å². The number of ether oxygens (including phenoxy) is 1. The number of urea groups is 1. The van der Waals surface area contributed by atoms with E-state index in [9.17, 15) is 14.4 Å². The third kappa shape index (κ3) is 3.46. The minimum absolute atomic E-state index is 0.0271. The second-order valence-corrected chi connectivity index (χ2v) is 6.62. The molecule has 0 aromatic heterocycles. The molecule has 0 saturated heterocycles. The first kappa shape index (κ1) is 17.3. The summed E-state index contributed by atoms with van der Waals surface area (Å²) in [5.41, 5.74) is 1.49. The Labute approximate surface area is 150 Å². The van der Waals surface area contributed by atoms with Crippen LogP contribution in [0.15, 0.2) is 35.5 Å². The van der Waals surface area contributed by atoms with Crippen LogP contribution in [0.2, 0.25) is 5.02 Å².